The molecule has 0 aliphatic heterocycles. The zero-order chi connectivity index (χ0) is 17.2. The van der Waals surface area contributed by atoms with Crippen LogP contribution in [0.3, 0.4) is 0 Å². The summed E-state index contributed by atoms with van der Waals surface area (Å²) in [6.07, 6.45) is 1.54. The van der Waals surface area contributed by atoms with Gasteiger partial charge in [-0.15, -0.1) is 6.58 Å². The lowest BCUT2D eigenvalue weighted by molar-refractivity contribution is -0.124. The number of carbonyl (C=O) groups is 2. The SMILES string of the molecule is C=CCNC(=O)COC(=O)c1ccc(OCC(C)C)c(OC)c1. The van der Waals surface area contributed by atoms with Crippen molar-refractivity contribution in [2.45, 2.75) is 13.8 Å². The van der Waals surface area contributed by atoms with Crippen molar-refractivity contribution in [3.05, 3.63) is 36.4 Å². The van der Waals surface area contributed by atoms with E-state index in [1.54, 1.807) is 18.2 Å². The van der Waals surface area contributed by atoms with Gasteiger partial charge in [0.15, 0.2) is 18.1 Å². The molecule has 0 aliphatic rings. The van der Waals surface area contributed by atoms with Gasteiger partial charge in [-0.2, -0.15) is 0 Å². The van der Waals surface area contributed by atoms with Gasteiger partial charge in [0.05, 0.1) is 19.3 Å². The molecular weight excluding hydrogens is 298 g/mol. The van der Waals surface area contributed by atoms with E-state index in [2.05, 4.69) is 11.9 Å². The third kappa shape index (κ3) is 6.42. The Kier molecular flexibility index (Phi) is 7.66. The zero-order valence-corrected chi connectivity index (χ0v) is 13.8. The minimum Gasteiger partial charge on any atom is -0.493 e. The Hall–Kier alpha value is -2.50. The minimum absolute atomic E-state index is 0.287. The smallest absolute Gasteiger partial charge is 0.338 e. The Labute approximate surface area is 136 Å². The molecule has 0 spiro atoms. The third-order valence-electron chi connectivity index (χ3n) is 2.75. The highest BCUT2D eigenvalue weighted by molar-refractivity contribution is 5.92. The van der Waals surface area contributed by atoms with Crippen LogP contribution in [0.25, 0.3) is 0 Å². The number of amides is 1. The van der Waals surface area contributed by atoms with Crippen LogP contribution in [0.5, 0.6) is 11.5 Å². The molecule has 1 aromatic rings. The van der Waals surface area contributed by atoms with Crippen LogP contribution in [0.4, 0.5) is 0 Å². The van der Waals surface area contributed by atoms with Gasteiger partial charge >= 0.3 is 5.97 Å². The lowest BCUT2D eigenvalue weighted by Gasteiger charge is -2.13. The van der Waals surface area contributed by atoms with E-state index < -0.39 is 5.97 Å². The molecule has 0 heterocycles. The fraction of sp³-hybridized carbons (Fsp3) is 0.412. The zero-order valence-electron chi connectivity index (χ0n) is 13.8. The summed E-state index contributed by atoms with van der Waals surface area (Å²) in [5.74, 6) is 0.380. The second-order valence-corrected chi connectivity index (χ2v) is 5.24. The Balaban J connectivity index is 2.67. The van der Waals surface area contributed by atoms with E-state index in [4.69, 9.17) is 14.2 Å². The van der Waals surface area contributed by atoms with Crippen LogP contribution in [-0.4, -0.2) is 38.7 Å². The first-order valence-corrected chi connectivity index (χ1v) is 7.33. The largest absolute Gasteiger partial charge is 0.493 e. The van der Waals surface area contributed by atoms with Crippen LogP contribution >= 0.6 is 0 Å². The van der Waals surface area contributed by atoms with E-state index >= 15 is 0 Å². The molecule has 0 fully saturated rings. The fourth-order valence-electron chi connectivity index (χ4n) is 1.62. The molecule has 6 heteroatoms. The second kappa shape index (κ2) is 9.50. The first kappa shape index (κ1) is 18.5. The summed E-state index contributed by atoms with van der Waals surface area (Å²) in [4.78, 5) is 23.3. The number of ether oxygens (including phenoxy) is 3. The molecule has 0 aliphatic carbocycles. The molecule has 0 saturated heterocycles. The van der Waals surface area contributed by atoms with Crippen LogP contribution in [0.1, 0.15) is 24.2 Å². The highest BCUT2D eigenvalue weighted by Crippen LogP contribution is 2.28. The van der Waals surface area contributed by atoms with E-state index in [0.717, 1.165) is 0 Å². The van der Waals surface area contributed by atoms with Crippen molar-refractivity contribution in [3.63, 3.8) is 0 Å². The van der Waals surface area contributed by atoms with E-state index in [0.29, 0.717) is 30.6 Å². The van der Waals surface area contributed by atoms with E-state index in [-0.39, 0.29) is 18.1 Å². The molecule has 1 rings (SSSR count). The normalized spacial score (nSPS) is 10.1. The number of esters is 1. The first-order chi connectivity index (χ1) is 11.0. The van der Waals surface area contributed by atoms with Crippen LogP contribution in [-0.2, 0) is 9.53 Å². The number of benzene rings is 1. The summed E-state index contributed by atoms with van der Waals surface area (Å²) in [5, 5.41) is 2.52. The topological polar surface area (TPSA) is 73.9 Å². The Morgan fingerprint density at radius 1 is 1.30 bits per heavy atom. The van der Waals surface area contributed by atoms with Crippen molar-refractivity contribution in [3.8, 4) is 11.5 Å². The van der Waals surface area contributed by atoms with E-state index in [9.17, 15) is 9.59 Å². The van der Waals surface area contributed by atoms with Gasteiger partial charge in [0.25, 0.3) is 5.91 Å². The molecule has 0 saturated carbocycles. The summed E-state index contributed by atoms with van der Waals surface area (Å²) in [7, 11) is 1.50. The summed E-state index contributed by atoms with van der Waals surface area (Å²) < 4.78 is 15.8. The second-order valence-electron chi connectivity index (χ2n) is 5.24. The molecule has 23 heavy (non-hydrogen) atoms. The van der Waals surface area contributed by atoms with Crippen LogP contribution < -0.4 is 14.8 Å². The summed E-state index contributed by atoms with van der Waals surface area (Å²) in [5.41, 5.74) is 0.287. The average molecular weight is 321 g/mol. The van der Waals surface area contributed by atoms with Crippen molar-refractivity contribution in [1.29, 1.82) is 0 Å². The number of hydrogen-bond donors (Lipinski definition) is 1. The van der Waals surface area contributed by atoms with Gasteiger partial charge in [0.1, 0.15) is 0 Å². The third-order valence-corrected chi connectivity index (χ3v) is 2.75. The van der Waals surface area contributed by atoms with Crippen LogP contribution in [0.15, 0.2) is 30.9 Å². The minimum atomic E-state index is -0.604. The molecule has 0 atom stereocenters. The van der Waals surface area contributed by atoms with Crippen molar-refractivity contribution in [2.24, 2.45) is 5.92 Å². The monoisotopic (exact) mass is 321 g/mol. The van der Waals surface area contributed by atoms with Gasteiger partial charge in [-0.3, -0.25) is 4.79 Å². The van der Waals surface area contributed by atoms with Crippen molar-refractivity contribution in [2.75, 3.05) is 26.9 Å². The number of methoxy groups -OCH3 is 1. The fourth-order valence-corrected chi connectivity index (χ4v) is 1.62. The van der Waals surface area contributed by atoms with E-state index in [1.165, 1.54) is 13.2 Å². The molecule has 126 valence electrons. The maximum atomic E-state index is 11.9. The molecule has 1 aromatic carbocycles. The van der Waals surface area contributed by atoms with Crippen molar-refractivity contribution in [1.82, 2.24) is 5.32 Å². The lowest BCUT2D eigenvalue weighted by atomic mass is 10.2. The van der Waals surface area contributed by atoms with Gasteiger partial charge in [0.2, 0.25) is 0 Å². The maximum Gasteiger partial charge on any atom is 0.338 e. The molecular formula is C17H23NO5. The van der Waals surface area contributed by atoms with Crippen LogP contribution in [0.2, 0.25) is 0 Å². The van der Waals surface area contributed by atoms with E-state index in [1.807, 2.05) is 13.8 Å². The van der Waals surface area contributed by atoms with Gasteiger partial charge in [-0.05, 0) is 24.1 Å². The quantitative estimate of drug-likeness (QED) is 0.557. The predicted molar refractivity (Wildman–Crippen MR) is 86.8 cm³/mol. The number of carbonyl (C=O) groups excluding carboxylic acids is 2. The standard InChI is InChI=1S/C17H23NO5/c1-5-8-18-16(19)11-23-17(20)13-6-7-14(15(9-13)21-4)22-10-12(2)3/h5-7,9,12H,1,8,10-11H2,2-4H3,(H,18,19). The first-order valence-electron chi connectivity index (χ1n) is 7.33. The molecule has 0 radical (unpaired) electrons. The summed E-state index contributed by atoms with van der Waals surface area (Å²) >= 11 is 0. The van der Waals surface area contributed by atoms with Crippen molar-refractivity contribution >= 4 is 11.9 Å². The van der Waals surface area contributed by atoms with Gasteiger partial charge in [-0.1, -0.05) is 19.9 Å². The van der Waals surface area contributed by atoms with Crippen LogP contribution in [0, 0.1) is 5.92 Å². The Morgan fingerprint density at radius 3 is 2.65 bits per heavy atom. The summed E-state index contributed by atoms with van der Waals surface area (Å²) in [6.45, 7) is 8.08. The molecule has 0 aromatic heterocycles. The molecule has 6 nitrogen and oxygen atoms in total. The average Bonchev–Trinajstić information content (AvgIpc) is 2.55. The van der Waals surface area contributed by atoms with Gasteiger partial charge in [-0.25, -0.2) is 4.79 Å². The molecule has 0 bridgehead atoms. The number of hydrogen-bond acceptors (Lipinski definition) is 5. The predicted octanol–water partition coefficient (Wildman–Crippen LogP) is 2.19. The maximum absolute atomic E-state index is 11.9. The number of nitrogens with one attached hydrogen (secondary N) is 1. The highest BCUT2D eigenvalue weighted by atomic mass is 16.5. The number of rotatable bonds is 9. The molecule has 0 unspecified atom stereocenters. The highest BCUT2D eigenvalue weighted by Gasteiger charge is 2.14. The Morgan fingerprint density at radius 2 is 2.04 bits per heavy atom. The lowest BCUT2D eigenvalue weighted by Crippen LogP contribution is -2.28. The van der Waals surface area contributed by atoms with Gasteiger partial charge < -0.3 is 19.5 Å². The summed E-state index contributed by atoms with van der Waals surface area (Å²) in [6, 6.07) is 4.75. The molecule has 1 amide bonds. The van der Waals surface area contributed by atoms with Gasteiger partial charge in [0, 0.05) is 6.54 Å². The Bertz CT molecular complexity index is 554. The molecule has 1 N–H and O–H groups in total. The van der Waals surface area contributed by atoms with Crippen molar-refractivity contribution < 1.29 is 23.8 Å².